The van der Waals surface area contributed by atoms with Crippen LogP contribution in [-0.2, 0) is 11.8 Å². The molecule has 1 N–H and O–H groups in total. The molecule has 0 aliphatic heterocycles. The second kappa shape index (κ2) is 8.29. The van der Waals surface area contributed by atoms with Crippen molar-refractivity contribution in [3.8, 4) is 22.8 Å². The van der Waals surface area contributed by atoms with Gasteiger partial charge in [-0.2, -0.15) is 0 Å². The number of halogens is 1. The Labute approximate surface area is 177 Å². The fourth-order valence-corrected chi connectivity index (χ4v) is 4.14. The standard InChI is InChI=1S/C18H14BrN5O2S2/c1-24-16(14-3-2-8-26-14)22-23-18(24)28-10-15(25)21-17-20-13(9-27-17)11-4-6-12(19)7-5-11/h2-9H,10H2,1H3,(H,20,21,25). The molecule has 0 fully saturated rings. The number of thiazole rings is 1. The van der Waals surface area contributed by atoms with Gasteiger partial charge in [-0.3, -0.25) is 4.79 Å². The number of nitrogens with zero attached hydrogens (tertiary/aromatic N) is 4. The minimum atomic E-state index is -0.149. The topological polar surface area (TPSA) is 85.8 Å². The van der Waals surface area contributed by atoms with Crippen LogP contribution in [0.25, 0.3) is 22.8 Å². The van der Waals surface area contributed by atoms with Crippen molar-refractivity contribution >= 4 is 50.1 Å². The maximum Gasteiger partial charge on any atom is 0.236 e. The predicted octanol–water partition coefficient (Wildman–Crippen LogP) is 4.69. The molecule has 3 heterocycles. The van der Waals surface area contributed by atoms with Gasteiger partial charge in [-0.1, -0.05) is 39.8 Å². The molecule has 0 spiro atoms. The van der Waals surface area contributed by atoms with Crippen molar-refractivity contribution in [2.24, 2.45) is 7.05 Å². The molecular weight excluding hydrogens is 462 g/mol. The fraction of sp³-hybridized carbons (Fsp3) is 0.111. The number of rotatable bonds is 6. The van der Waals surface area contributed by atoms with Gasteiger partial charge in [-0.25, -0.2) is 4.98 Å². The minimum Gasteiger partial charge on any atom is -0.461 e. The number of furan rings is 1. The Morgan fingerprint density at radius 2 is 2.11 bits per heavy atom. The highest BCUT2D eigenvalue weighted by atomic mass is 79.9. The van der Waals surface area contributed by atoms with Crippen LogP contribution in [0, 0.1) is 0 Å². The smallest absolute Gasteiger partial charge is 0.236 e. The number of carbonyl (C=O) groups is 1. The number of amides is 1. The maximum atomic E-state index is 12.3. The molecule has 0 unspecified atom stereocenters. The van der Waals surface area contributed by atoms with Crippen LogP contribution in [0.5, 0.6) is 0 Å². The number of hydrogen-bond acceptors (Lipinski definition) is 7. The van der Waals surface area contributed by atoms with Gasteiger partial charge in [0.15, 0.2) is 21.9 Å². The molecule has 7 nitrogen and oxygen atoms in total. The first kappa shape index (κ1) is 18.9. The van der Waals surface area contributed by atoms with Crippen molar-refractivity contribution in [3.63, 3.8) is 0 Å². The Morgan fingerprint density at radius 1 is 1.29 bits per heavy atom. The highest BCUT2D eigenvalue weighted by molar-refractivity contribution is 9.10. The van der Waals surface area contributed by atoms with E-state index in [1.54, 1.807) is 16.9 Å². The third kappa shape index (κ3) is 4.18. The zero-order valence-corrected chi connectivity index (χ0v) is 17.8. The number of anilines is 1. The summed E-state index contributed by atoms with van der Waals surface area (Å²) in [6, 6.07) is 11.5. The van der Waals surface area contributed by atoms with E-state index in [2.05, 4.69) is 36.4 Å². The lowest BCUT2D eigenvalue weighted by Crippen LogP contribution is -2.14. The zero-order valence-electron chi connectivity index (χ0n) is 14.6. The van der Waals surface area contributed by atoms with Crippen LogP contribution in [0.1, 0.15) is 0 Å². The average molecular weight is 476 g/mol. The Hall–Kier alpha value is -2.43. The summed E-state index contributed by atoms with van der Waals surface area (Å²) in [7, 11) is 1.84. The summed E-state index contributed by atoms with van der Waals surface area (Å²) in [5, 5.41) is 14.2. The summed E-state index contributed by atoms with van der Waals surface area (Å²) in [4.78, 5) is 16.8. The van der Waals surface area contributed by atoms with E-state index in [0.717, 1.165) is 15.7 Å². The monoisotopic (exact) mass is 475 g/mol. The molecule has 0 atom stereocenters. The van der Waals surface area contributed by atoms with Gasteiger partial charge in [-0.15, -0.1) is 21.5 Å². The van der Waals surface area contributed by atoms with E-state index in [1.165, 1.54) is 23.1 Å². The molecule has 10 heteroatoms. The normalized spacial score (nSPS) is 10.9. The molecule has 4 aromatic rings. The molecule has 28 heavy (non-hydrogen) atoms. The highest BCUT2D eigenvalue weighted by Gasteiger charge is 2.15. The molecule has 3 aromatic heterocycles. The third-order valence-electron chi connectivity index (χ3n) is 3.80. The summed E-state index contributed by atoms with van der Waals surface area (Å²) in [5.74, 6) is 1.31. The molecule has 0 radical (unpaired) electrons. The van der Waals surface area contributed by atoms with Gasteiger partial charge in [-0.05, 0) is 24.3 Å². The van der Waals surface area contributed by atoms with Crippen LogP contribution in [0.2, 0.25) is 0 Å². The fourth-order valence-electron chi connectivity index (χ4n) is 2.43. The quantitative estimate of drug-likeness (QED) is 0.407. The summed E-state index contributed by atoms with van der Waals surface area (Å²) in [6.45, 7) is 0. The van der Waals surface area contributed by atoms with Crippen LogP contribution >= 0.6 is 39.0 Å². The second-order valence-corrected chi connectivity index (χ2v) is 8.44. The van der Waals surface area contributed by atoms with Crippen LogP contribution in [0.15, 0.2) is 62.1 Å². The lowest BCUT2D eigenvalue weighted by atomic mass is 10.2. The summed E-state index contributed by atoms with van der Waals surface area (Å²) >= 11 is 6.12. The third-order valence-corrected chi connectivity index (χ3v) is 6.11. The lowest BCUT2D eigenvalue weighted by molar-refractivity contribution is -0.113. The number of thioether (sulfide) groups is 1. The van der Waals surface area contributed by atoms with Crippen LogP contribution in [0.3, 0.4) is 0 Å². The molecular formula is C18H14BrN5O2S2. The molecule has 4 rings (SSSR count). The number of aromatic nitrogens is 4. The first-order valence-corrected chi connectivity index (χ1v) is 10.8. The number of carbonyl (C=O) groups excluding carboxylic acids is 1. The summed E-state index contributed by atoms with van der Waals surface area (Å²) in [5.41, 5.74) is 1.83. The van der Waals surface area contributed by atoms with E-state index in [9.17, 15) is 4.79 Å². The van der Waals surface area contributed by atoms with Gasteiger partial charge in [0.05, 0.1) is 17.7 Å². The molecule has 0 aliphatic rings. The Kier molecular flexibility index (Phi) is 5.60. The van der Waals surface area contributed by atoms with E-state index < -0.39 is 0 Å². The van der Waals surface area contributed by atoms with Crippen molar-refractivity contribution in [2.45, 2.75) is 5.16 Å². The van der Waals surface area contributed by atoms with Gasteiger partial charge in [0.25, 0.3) is 0 Å². The van der Waals surface area contributed by atoms with Crippen LogP contribution < -0.4 is 5.32 Å². The van der Waals surface area contributed by atoms with Gasteiger partial charge in [0, 0.05) is 22.5 Å². The Bertz CT molecular complexity index is 1090. The van der Waals surface area contributed by atoms with E-state index >= 15 is 0 Å². The molecule has 0 aliphatic carbocycles. The van der Waals surface area contributed by atoms with Crippen LogP contribution in [-0.4, -0.2) is 31.4 Å². The SMILES string of the molecule is Cn1c(SCC(=O)Nc2nc(-c3ccc(Br)cc3)cs2)nnc1-c1ccco1. The highest BCUT2D eigenvalue weighted by Crippen LogP contribution is 2.27. The average Bonchev–Trinajstić information content (AvgIpc) is 3.42. The Morgan fingerprint density at radius 3 is 2.86 bits per heavy atom. The number of nitrogens with one attached hydrogen (secondary N) is 1. The van der Waals surface area contributed by atoms with E-state index in [1.807, 2.05) is 42.8 Å². The van der Waals surface area contributed by atoms with Gasteiger partial charge in [0.1, 0.15) is 0 Å². The molecule has 0 bridgehead atoms. The second-order valence-electron chi connectivity index (χ2n) is 5.72. The van der Waals surface area contributed by atoms with Crippen molar-refractivity contribution in [3.05, 3.63) is 52.5 Å². The van der Waals surface area contributed by atoms with Crippen molar-refractivity contribution < 1.29 is 9.21 Å². The lowest BCUT2D eigenvalue weighted by Gasteiger charge is -2.03. The molecule has 1 aromatic carbocycles. The molecule has 142 valence electrons. The zero-order chi connectivity index (χ0) is 19.5. The minimum absolute atomic E-state index is 0.149. The summed E-state index contributed by atoms with van der Waals surface area (Å²) < 4.78 is 8.15. The largest absolute Gasteiger partial charge is 0.461 e. The van der Waals surface area contributed by atoms with E-state index in [-0.39, 0.29) is 11.7 Å². The van der Waals surface area contributed by atoms with Crippen molar-refractivity contribution in [1.82, 2.24) is 19.7 Å². The van der Waals surface area contributed by atoms with Crippen molar-refractivity contribution in [1.29, 1.82) is 0 Å². The molecule has 1 amide bonds. The molecule has 0 saturated carbocycles. The van der Waals surface area contributed by atoms with Crippen molar-refractivity contribution in [2.75, 3.05) is 11.1 Å². The predicted molar refractivity (Wildman–Crippen MR) is 113 cm³/mol. The number of hydrogen-bond donors (Lipinski definition) is 1. The first-order chi connectivity index (χ1) is 13.6. The van der Waals surface area contributed by atoms with Gasteiger partial charge >= 0.3 is 0 Å². The van der Waals surface area contributed by atoms with Gasteiger partial charge in [0.2, 0.25) is 5.91 Å². The van der Waals surface area contributed by atoms with E-state index in [0.29, 0.717) is 21.9 Å². The van der Waals surface area contributed by atoms with Gasteiger partial charge < -0.3 is 14.3 Å². The van der Waals surface area contributed by atoms with Crippen LogP contribution in [0.4, 0.5) is 5.13 Å². The summed E-state index contributed by atoms with van der Waals surface area (Å²) in [6.07, 6.45) is 1.58. The first-order valence-electron chi connectivity index (χ1n) is 8.17. The number of benzene rings is 1. The molecule has 0 saturated heterocycles. The van der Waals surface area contributed by atoms with E-state index in [4.69, 9.17) is 4.42 Å². The Balaban J connectivity index is 1.36. The maximum absolute atomic E-state index is 12.3.